The topological polar surface area (TPSA) is 72.1 Å². The van der Waals surface area contributed by atoms with Crippen LogP contribution in [0, 0.1) is 0 Å². The Hall–Kier alpha value is -2.25. The largest absolute Gasteiger partial charge is 0.467 e. The van der Waals surface area contributed by atoms with Crippen LogP contribution < -0.4 is 0 Å². The minimum Gasteiger partial charge on any atom is -0.467 e. The Kier molecular flexibility index (Phi) is 6.58. The summed E-state index contributed by atoms with van der Waals surface area (Å²) in [7, 11) is 0. The van der Waals surface area contributed by atoms with Gasteiger partial charge in [-0.1, -0.05) is 23.7 Å². The minimum atomic E-state index is -0.329. The molecule has 3 rings (SSSR count). The third kappa shape index (κ3) is 4.93. The van der Waals surface area contributed by atoms with Crippen molar-refractivity contribution in [3.05, 3.63) is 59.0 Å². The van der Waals surface area contributed by atoms with Crippen LogP contribution >= 0.6 is 23.4 Å². The van der Waals surface area contributed by atoms with Crippen molar-refractivity contribution in [1.82, 2.24) is 5.01 Å². The van der Waals surface area contributed by atoms with Crippen molar-refractivity contribution in [2.75, 3.05) is 18.1 Å². The van der Waals surface area contributed by atoms with Gasteiger partial charge in [-0.05, 0) is 36.8 Å². The van der Waals surface area contributed by atoms with E-state index in [1.807, 2.05) is 18.2 Å². The van der Waals surface area contributed by atoms with E-state index < -0.39 is 0 Å². The van der Waals surface area contributed by atoms with E-state index in [9.17, 15) is 9.59 Å². The highest BCUT2D eigenvalue weighted by atomic mass is 35.5. The second-order valence-electron chi connectivity index (χ2n) is 5.83. The first-order valence-electron chi connectivity index (χ1n) is 8.50. The first kappa shape index (κ1) is 19.5. The van der Waals surface area contributed by atoms with Crippen molar-refractivity contribution in [2.24, 2.45) is 5.10 Å². The van der Waals surface area contributed by atoms with Crippen LogP contribution in [0.3, 0.4) is 0 Å². The number of esters is 1. The van der Waals surface area contributed by atoms with E-state index in [0.717, 1.165) is 11.3 Å². The number of furan rings is 1. The van der Waals surface area contributed by atoms with Crippen LogP contribution in [-0.4, -0.2) is 40.7 Å². The number of carbonyl (C=O) groups is 2. The summed E-state index contributed by atoms with van der Waals surface area (Å²) in [5.41, 5.74) is 1.70. The number of hydrazone groups is 1. The second kappa shape index (κ2) is 9.10. The maximum atomic E-state index is 12.7. The number of nitrogens with zero attached hydrogens (tertiary/aromatic N) is 2. The summed E-state index contributed by atoms with van der Waals surface area (Å²) in [6.07, 6.45) is 2.12. The van der Waals surface area contributed by atoms with Crippen molar-refractivity contribution >= 4 is 41.0 Å². The number of hydrogen-bond donors (Lipinski definition) is 0. The van der Waals surface area contributed by atoms with Gasteiger partial charge in [-0.3, -0.25) is 9.59 Å². The molecule has 1 amide bonds. The summed E-state index contributed by atoms with van der Waals surface area (Å²) in [5, 5.41) is 6.61. The van der Waals surface area contributed by atoms with Crippen molar-refractivity contribution in [2.45, 2.75) is 19.4 Å². The lowest BCUT2D eigenvalue weighted by molar-refractivity contribution is -0.139. The zero-order valence-corrected chi connectivity index (χ0v) is 16.3. The molecule has 27 heavy (non-hydrogen) atoms. The highest BCUT2D eigenvalue weighted by Crippen LogP contribution is 2.33. The fraction of sp³-hybridized carbons (Fsp3) is 0.316. The fourth-order valence-corrected chi connectivity index (χ4v) is 3.54. The van der Waals surface area contributed by atoms with Crippen LogP contribution in [0.2, 0.25) is 5.02 Å². The van der Waals surface area contributed by atoms with Crippen molar-refractivity contribution in [3.8, 4) is 0 Å². The average Bonchev–Trinajstić information content (AvgIpc) is 3.32. The van der Waals surface area contributed by atoms with Crippen LogP contribution in [0.1, 0.15) is 30.7 Å². The Labute approximate surface area is 166 Å². The molecule has 142 valence electrons. The van der Waals surface area contributed by atoms with Gasteiger partial charge in [-0.2, -0.15) is 5.10 Å². The monoisotopic (exact) mass is 406 g/mol. The van der Waals surface area contributed by atoms with Gasteiger partial charge in [0.25, 0.3) is 5.91 Å². The molecule has 0 unspecified atom stereocenters. The normalized spacial score (nSPS) is 16.3. The maximum Gasteiger partial charge on any atom is 0.315 e. The fourth-order valence-electron chi connectivity index (χ4n) is 2.75. The molecular weight excluding hydrogens is 388 g/mol. The smallest absolute Gasteiger partial charge is 0.315 e. The second-order valence-corrected chi connectivity index (χ2v) is 7.25. The average molecular weight is 407 g/mol. The molecule has 1 aromatic carbocycles. The summed E-state index contributed by atoms with van der Waals surface area (Å²) < 4.78 is 10.4. The van der Waals surface area contributed by atoms with E-state index in [1.165, 1.54) is 16.8 Å². The molecule has 1 atom stereocenters. The number of hydrogen-bond acceptors (Lipinski definition) is 6. The van der Waals surface area contributed by atoms with Gasteiger partial charge in [0.1, 0.15) is 11.8 Å². The number of halogens is 1. The number of amides is 1. The number of rotatable bonds is 7. The zero-order chi connectivity index (χ0) is 19.2. The highest BCUT2D eigenvalue weighted by molar-refractivity contribution is 8.00. The molecule has 0 saturated carbocycles. The van der Waals surface area contributed by atoms with Gasteiger partial charge in [0.15, 0.2) is 0 Å². The standard InChI is InChI=1S/C19H19ClN2O4S/c1-2-25-19(24)12-27-11-18(23)22-16(17-4-3-9-26-17)10-15(21-22)13-5-7-14(20)8-6-13/h3-9,16H,2,10-12H2,1H3/t16-/m0/s1. The molecule has 0 N–H and O–H groups in total. The number of benzene rings is 1. The van der Waals surface area contributed by atoms with E-state index in [-0.39, 0.29) is 29.4 Å². The number of carbonyl (C=O) groups excluding carboxylic acids is 2. The molecule has 1 aliphatic heterocycles. The van der Waals surface area contributed by atoms with Gasteiger partial charge in [0, 0.05) is 11.4 Å². The molecule has 2 aromatic rings. The molecule has 0 spiro atoms. The predicted octanol–water partition coefficient (Wildman–Crippen LogP) is 3.91. The molecule has 1 aliphatic rings. The molecule has 2 heterocycles. The van der Waals surface area contributed by atoms with Crippen LogP contribution in [0.15, 0.2) is 52.2 Å². The summed E-state index contributed by atoms with van der Waals surface area (Å²) in [6, 6.07) is 10.7. The summed E-state index contributed by atoms with van der Waals surface area (Å²) in [5.74, 6) is 0.422. The lowest BCUT2D eigenvalue weighted by atomic mass is 10.0. The van der Waals surface area contributed by atoms with Crippen LogP contribution in [0.4, 0.5) is 0 Å². The summed E-state index contributed by atoms with van der Waals surface area (Å²) in [6.45, 7) is 2.08. The minimum absolute atomic E-state index is 0.132. The van der Waals surface area contributed by atoms with E-state index in [2.05, 4.69) is 5.10 Å². The molecule has 0 aliphatic carbocycles. The molecule has 6 nitrogen and oxygen atoms in total. The van der Waals surface area contributed by atoms with Gasteiger partial charge >= 0.3 is 5.97 Å². The number of ether oxygens (including phenoxy) is 1. The third-order valence-electron chi connectivity index (χ3n) is 3.97. The van der Waals surface area contributed by atoms with Gasteiger partial charge in [-0.15, -0.1) is 11.8 Å². The molecule has 0 bridgehead atoms. The molecular formula is C19H19ClN2O4S. The van der Waals surface area contributed by atoms with E-state index in [1.54, 1.807) is 31.4 Å². The third-order valence-corrected chi connectivity index (χ3v) is 5.11. The highest BCUT2D eigenvalue weighted by Gasteiger charge is 2.34. The Bertz CT molecular complexity index is 821. The van der Waals surface area contributed by atoms with E-state index >= 15 is 0 Å². The van der Waals surface area contributed by atoms with Gasteiger partial charge in [-0.25, -0.2) is 5.01 Å². The predicted molar refractivity (Wildman–Crippen MR) is 105 cm³/mol. The Morgan fingerprint density at radius 1 is 1.30 bits per heavy atom. The Morgan fingerprint density at radius 2 is 2.07 bits per heavy atom. The van der Waals surface area contributed by atoms with Crippen molar-refractivity contribution in [3.63, 3.8) is 0 Å². The Balaban J connectivity index is 1.73. The molecule has 0 fully saturated rings. The lowest BCUT2D eigenvalue weighted by Gasteiger charge is -2.19. The lowest BCUT2D eigenvalue weighted by Crippen LogP contribution is -2.28. The van der Waals surface area contributed by atoms with Gasteiger partial charge < -0.3 is 9.15 Å². The Morgan fingerprint density at radius 3 is 2.74 bits per heavy atom. The van der Waals surface area contributed by atoms with Gasteiger partial charge in [0.05, 0.1) is 30.1 Å². The van der Waals surface area contributed by atoms with Crippen LogP contribution in [-0.2, 0) is 14.3 Å². The first-order chi connectivity index (χ1) is 13.1. The molecule has 1 aromatic heterocycles. The van der Waals surface area contributed by atoms with Crippen LogP contribution in [0.25, 0.3) is 0 Å². The zero-order valence-electron chi connectivity index (χ0n) is 14.8. The quantitative estimate of drug-likeness (QED) is 0.652. The van der Waals surface area contributed by atoms with E-state index in [0.29, 0.717) is 23.8 Å². The van der Waals surface area contributed by atoms with Crippen molar-refractivity contribution < 1.29 is 18.7 Å². The van der Waals surface area contributed by atoms with E-state index in [4.69, 9.17) is 20.8 Å². The molecule has 8 heteroatoms. The summed E-state index contributed by atoms with van der Waals surface area (Å²) in [4.78, 5) is 24.1. The summed E-state index contributed by atoms with van der Waals surface area (Å²) >= 11 is 7.16. The van der Waals surface area contributed by atoms with Gasteiger partial charge in [0.2, 0.25) is 0 Å². The van der Waals surface area contributed by atoms with Crippen molar-refractivity contribution in [1.29, 1.82) is 0 Å². The maximum absolute atomic E-state index is 12.7. The molecule has 0 saturated heterocycles. The SMILES string of the molecule is CCOC(=O)CSCC(=O)N1N=C(c2ccc(Cl)cc2)C[C@H]1c1ccco1. The van der Waals surface area contributed by atoms with Crippen LogP contribution in [0.5, 0.6) is 0 Å². The number of thioether (sulfide) groups is 1. The molecule has 0 radical (unpaired) electrons. The first-order valence-corrected chi connectivity index (χ1v) is 10.0.